The maximum atomic E-state index is 12.8. The summed E-state index contributed by atoms with van der Waals surface area (Å²) in [6.45, 7) is 12.1. The van der Waals surface area contributed by atoms with Crippen molar-refractivity contribution in [2.45, 2.75) is 47.5 Å². The van der Waals surface area contributed by atoms with Gasteiger partial charge in [0.05, 0.1) is 6.54 Å². The molecule has 0 radical (unpaired) electrons. The summed E-state index contributed by atoms with van der Waals surface area (Å²) in [5.74, 6) is 0.0713. The Morgan fingerprint density at radius 1 is 0.833 bits per heavy atom. The molecule has 0 unspecified atom stereocenters. The van der Waals surface area contributed by atoms with Crippen LogP contribution in [0.5, 0.6) is 0 Å². The van der Waals surface area contributed by atoms with Gasteiger partial charge >= 0.3 is 0 Å². The molecule has 160 valence electrons. The lowest BCUT2D eigenvalue weighted by Crippen LogP contribution is -2.41. The third kappa shape index (κ3) is 5.70. The number of rotatable bonds is 5. The first-order chi connectivity index (χ1) is 14.2. The Morgan fingerprint density at radius 3 is 1.93 bits per heavy atom. The highest BCUT2D eigenvalue weighted by Crippen LogP contribution is 2.25. The zero-order chi connectivity index (χ0) is 21.8. The standard InChI is InChI=1S/C25H33N3O2/c1-16-10-17(2)14-22(13-16)26-23(29)15-28-8-6-21(7-9-28)25(30)27-24-19(4)11-18(3)12-20(24)5/h10-14,21H,6-9,15H2,1-5H3,(H,26,29)(H,27,30). The molecule has 0 saturated carbocycles. The van der Waals surface area contributed by atoms with Gasteiger partial charge in [0, 0.05) is 17.3 Å². The number of carbonyl (C=O) groups is 2. The number of nitrogens with one attached hydrogen (secondary N) is 2. The molecule has 30 heavy (non-hydrogen) atoms. The molecule has 2 aromatic carbocycles. The first-order valence-corrected chi connectivity index (χ1v) is 10.7. The molecule has 5 heteroatoms. The average molecular weight is 408 g/mol. The summed E-state index contributed by atoms with van der Waals surface area (Å²) in [6.07, 6.45) is 1.54. The topological polar surface area (TPSA) is 61.4 Å². The van der Waals surface area contributed by atoms with Gasteiger partial charge in [-0.2, -0.15) is 0 Å². The molecule has 0 bridgehead atoms. The van der Waals surface area contributed by atoms with E-state index in [2.05, 4.69) is 40.7 Å². The van der Waals surface area contributed by atoms with E-state index in [4.69, 9.17) is 0 Å². The number of aryl methyl sites for hydroxylation is 5. The smallest absolute Gasteiger partial charge is 0.238 e. The fourth-order valence-corrected chi connectivity index (χ4v) is 4.41. The van der Waals surface area contributed by atoms with Crippen molar-refractivity contribution in [3.63, 3.8) is 0 Å². The summed E-state index contributed by atoms with van der Waals surface area (Å²) >= 11 is 0. The quantitative estimate of drug-likeness (QED) is 0.766. The molecule has 0 aromatic heterocycles. The summed E-state index contributed by atoms with van der Waals surface area (Å²) in [4.78, 5) is 27.3. The highest BCUT2D eigenvalue weighted by Gasteiger charge is 2.26. The molecular formula is C25H33N3O2. The summed E-state index contributed by atoms with van der Waals surface area (Å²) in [7, 11) is 0. The van der Waals surface area contributed by atoms with Crippen LogP contribution in [0.1, 0.15) is 40.7 Å². The first-order valence-electron chi connectivity index (χ1n) is 10.7. The summed E-state index contributed by atoms with van der Waals surface area (Å²) in [5.41, 5.74) is 7.45. The lowest BCUT2D eigenvalue weighted by atomic mass is 9.95. The van der Waals surface area contributed by atoms with Gasteiger partial charge in [-0.25, -0.2) is 0 Å². The molecule has 1 aliphatic rings. The average Bonchev–Trinajstić information content (AvgIpc) is 2.64. The Morgan fingerprint density at radius 2 is 1.37 bits per heavy atom. The van der Waals surface area contributed by atoms with Gasteiger partial charge in [0.1, 0.15) is 0 Å². The molecule has 0 atom stereocenters. The number of hydrogen-bond acceptors (Lipinski definition) is 3. The number of amides is 2. The summed E-state index contributed by atoms with van der Waals surface area (Å²) in [5, 5.41) is 6.13. The SMILES string of the molecule is Cc1cc(C)cc(NC(=O)CN2CCC(C(=O)Nc3c(C)cc(C)cc3C)CC2)c1. The Labute approximate surface area is 179 Å². The van der Waals surface area contributed by atoms with Gasteiger partial charge in [-0.3, -0.25) is 14.5 Å². The first kappa shape index (κ1) is 22.0. The largest absolute Gasteiger partial charge is 0.325 e. The minimum atomic E-state index is -0.0103. The van der Waals surface area contributed by atoms with E-state index in [9.17, 15) is 9.59 Å². The van der Waals surface area contributed by atoms with Crippen LogP contribution in [-0.4, -0.2) is 36.3 Å². The van der Waals surface area contributed by atoms with Gasteiger partial charge in [-0.15, -0.1) is 0 Å². The molecule has 1 aliphatic heterocycles. The Hall–Kier alpha value is -2.66. The number of benzene rings is 2. The van der Waals surface area contributed by atoms with Crippen LogP contribution >= 0.6 is 0 Å². The van der Waals surface area contributed by atoms with Gasteiger partial charge in [0.25, 0.3) is 0 Å². The number of carbonyl (C=O) groups excluding carboxylic acids is 2. The second kappa shape index (κ2) is 9.43. The van der Waals surface area contributed by atoms with Crippen molar-refractivity contribution in [2.24, 2.45) is 5.92 Å². The Balaban J connectivity index is 1.49. The molecule has 0 aliphatic carbocycles. The minimum Gasteiger partial charge on any atom is -0.325 e. The van der Waals surface area contributed by atoms with Crippen LogP contribution in [-0.2, 0) is 9.59 Å². The monoisotopic (exact) mass is 407 g/mol. The predicted molar refractivity (Wildman–Crippen MR) is 123 cm³/mol. The number of nitrogens with zero attached hydrogens (tertiary/aromatic N) is 1. The van der Waals surface area contributed by atoms with Crippen molar-refractivity contribution >= 4 is 23.2 Å². The van der Waals surface area contributed by atoms with E-state index >= 15 is 0 Å². The minimum absolute atomic E-state index is 0.00573. The molecule has 2 aromatic rings. The highest BCUT2D eigenvalue weighted by molar-refractivity contribution is 5.94. The van der Waals surface area contributed by atoms with Crippen LogP contribution in [0.4, 0.5) is 11.4 Å². The van der Waals surface area contributed by atoms with Crippen LogP contribution in [0.3, 0.4) is 0 Å². The highest BCUT2D eigenvalue weighted by atomic mass is 16.2. The van der Waals surface area contributed by atoms with E-state index in [0.29, 0.717) is 6.54 Å². The maximum Gasteiger partial charge on any atom is 0.238 e. The lowest BCUT2D eigenvalue weighted by Gasteiger charge is -2.31. The van der Waals surface area contributed by atoms with Gasteiger partial charge in [-0.1, -0.05) is 23.8 Å². The molecule has 1 fully saturated rings. The normalized spacial score (nSPS) is 15.1. The van der Waals surface area contributed by atoms with Crippen molar-refractivity contribution < 1.29 is 9.59 Å². The number of piperidine rings is 1. The lowest BCUT2D eigenvalue weighted by molar-refractivity contribution is -0.121. The van der Waals surface area contributed by atoms with E-state index < -0.39 is 0 Å². The molecule has 0 spiro atoms. The zero-order valence-electron chi connectivity index (χ0n) is 18.8. The maximum absolute atomic E-state index is 12.8. The van der Waals surface area contributed by atoms with Crippen LogP contribution in [0.25, 0.3) is 0 Å². The third-order valence-corrected chi connectivity index (χ3v) is 5.76. The number of likely N-dealkylation sites (tertiary alicyclic amines) is 1. The van der Waals surface area contributed by atoms with E-state index in [1.165, 1.54) is 5.56 Å². The van der Waals surface area contributed by atoms with Crippen molar-refractivity contribution in [2.75, 3.05) is 30.3 Å². The third-order valence-electron chi connectivity index (χ3n) is 5.76. The van der Waals surface area contributed by atoms with E-state index in [-0.39, 0.29) is 17.7 Å². The zero-order valence-corrected chi connectivity index (χ0v) is 18.8. The van der Waals surface area contributed by atoms with Crippen molar-refractivity contribution in [1.29, 1.82) is 0 Å². The second-order valence-corrected chi connectivity index (χ2v) is 8.74. The molecule has 2 N–H and O–H groups in total. The molecule has 3 rings (SSSR count). The van der Waals surface area contributed by atoms with Crippen LogP contribution in [0.2, 0.25) is 0 Å². The fraction of sp³-hybridized carbons (Fsp3) is 0.440. The fourth-order valence-electron chi connectivity index (χ4n) is 4.41. The molecule has 1 heterocycles. The van der Waals surface area contributed by atoms with Crippen molar-refractivity contribution in [3.05, 3.63) is 58.1 Å². The van der Waals surface area contributed by atoms with Gasteiger partial charge < -0.3 is 10.6 Å². The summed E-state index contributed by atoms with van der Waals surface area (Å²) in [6, 6.07) is 10.2. The number of hydrogen-bond donors (Lipinski definition) is 2. The Kier molecular flexibility index (Phi) is 6.93. The van der Waals surface area contributed by atoms with Crippen LogP contribution in [0, 0.1) is 40.5 Å². The number of anilines is 2. The van der Waals surface area contributed by atoms with Gasteiger partial charge in [0.2, 0.25) is 11.8 Å². The van der Waals surface area contributed by atoms with Gasteiger partial charge in [-0.05, 0) is 94.9 Å². The van der Waals surface area contributed by atoms with Crippen LogP contribution < -0.4 is 10.6 Å². The van der Waals surface area contributed by atoms with Gasteiger partial charge in [0.15, 0.2) is 0 Å². The van der Waals surface area contributed by atoms with E-state index in [1.807, 2.05) is 39.8 Å². The van der Waals surface area contributed by atoms with Crippen molar-refractivity contribution in [1.82, 2.24) is 4.90 Å². The molecule has 5 nitrogen and oxygen atoms in total. The van der Waals surface area contributed by atoms with Crippen molar-refractivity contribution in [3.8, 4) is 0 Å². The summed E-state index contributed by atoms with van der Waals surface area (Å²) < 4.78 is 0. The predicted octanol–water partition coefficient (Wildman–Crippen LogP) is 4.52. The molecular weight excluding hydrogens is 374 g/mol. The van der Waals surface area contributed by atoms with Crippen LogP contribution in [0.15, 0.2) is 30.3 Å². The molecule has 2 amide bonds. The van der Waals surface area contributed by atoms with E-state index in [1.54, 1.807) is 0 Å². The molecule has 1 saturated heterocycles. The second-order valence-electron chi connectivity index (χ2n) is 8.74. The van der Waals surface area contributed by atoms with E-state index in [0.717, 1.165) is 59.6 Å². The Bertz CT molecular complexity index is 900.